The van der Waals surface area contributed by atoms with Gasteiger partial charge in [-0.2, -0.15) is 8.78 Å². The van der Waals surface area contributed by atoms with Crippen molar-refractivity contribution in [3.63, 3.8) is 0 Å². The van der Waals surface area contributed by atoms with E-state index in [1.807, 2.05) is 0 Å². The minimum Gasteiger partial charge on any atom is -0.326 e. The molecule has 0 aliphatic carbocycles. The summed E-state index contributed by atoms with van der Waals surface area (Å²) in [6, 6.07) is 1.68. The van der Waals surface area contributed by atoms with Crippen molar-refractivity contribution in [3.05, 3.63) is 33.2 Å². The molecule has 0 radical (unpaired) electrons. The van der Waals surface area contributed by atoms with Gasteiger partial charge in [-0.3, -0.25) is 9.79 Å². The van der Waals surface area contributed by atoms with Gasteiger partial charge in [-0.05, 0) is 25.5 Å². The van der Waals surface area contributed by atoms with E-state index in [-0.39, 0.29) is 24.4 Å². The van der Waals surface area contributed by atoms with Crippen LogP contribution < -0.4 is 10.6 Å². The van der Waals surface area contributed by atoms with Crippen LogP contribution in [-0.2, 0) is 0 Å². The number of hydrogen-bond acceptors (Lipinski definition) is 2. The fourth-order valence-electron chi connectivity index (χ4n) is 2.43. The number of hydrogen-bond donors (Lipinski definition) is 2. The number of pyridine rings is 1. The molecule has 0 bridgehead atoms. The van der Waals surface area contributed by atoms with Gasteiger partial charge < -0.3 is 4.98 Å². The Morgan fingerprint density at radius 2 is 2.05 bits per heavy atom. The van der Waals surface area contributed by atoms with E-state index in [2.05, 4.69) is 15.0 Å². The van der Waals surface area contributed by atoms with Gasteiger partial charge in [0.25, 0.3) is 5.56 Å². The molecule has 0 fully saturated rings. The Balaban J connectivity index is 2.45. The molecule has 0 saturated heterocycles. The number of aryl methyl sites for hydroxylation is 2. The minimum atomic E-state index is -4.27. The number of H-pyrrole nitrogens is 1. The Morgan fingerprint density at radius 3 is 2.64 bits per heavy atom. The molecule has 0 spiro atoms. The van der Waals surface area contributed by atoms with Crippen LogP contribution in [-0.4, -0.2) is 41.8 Å². The van der Waals surface area contributed by atoms with Gasteiger partial charge in [0.2, 0.25) is 5.71 Å². The van der Waals surface area contributed by atoms with Crippen LogP contribution in [0.4, 0.5) is 17.6 Å². The zero-order valence-corrected chi connectivity index (χ0v) is 12.1. The minimum absolute atomic E-state index is 0.0178. The molecule has 1 aliphatic rings. The summed E-state index contributed by atoms with van der Waals surface area (Å²) in [4.78, 5) is 21.0. The molecule has 0 amide bonds. The first-order valence-corrected chi connectivity index (χ1v) is 6.74. The highest BCUT2D eigenvalue weighted by molar-refractivity contribution is 6.13. The lowest BCUT2D eigenvalue weighted by atomic mass is 9.98. The van der Waals surface area contributed by atoms with Crippen LogP contribution in [0.2, 0.25) is 0 Å². The first-order chi connectivity index (χ1) is 10.2. The Morgan fingerprint density at radius 1 is 1.36 bits per heavy atom. The summed E-state index contributed by atoms with van der Waals surface area (Å²) >= 11 is 0. The summed E-state index contributed by atoms with van der Waals surface area (Å²) in [5.41, 5.74) is 0.189. The van der Waals surface area contributed by atoms with E-state index in [0.717, 1.165) is 0 Å². The van der Waals surface area contributed by atoms with Gasteiger partial charge in [-0.15, -0.1) is 0 Å². The van der Waals surface area contributed by atoms with Crippen molar-refractivity contribution in [2.24, 2.45) is 4.99 Å². The number of aromatic amines is 1. The van der Waals surface area contributed by atoms with Crippen LogP contribution in [0.1, 0.15) is 23.2 Å². The van der Waals surface area contributed by atoms with E-state index in [1.54, 1.807) is 19.9 Å². The highest BCUT2D eigenvalue weighted by Gasteiger charge is 2.51. The number of halogens is 4. The monoisotopic (exact) mass is 318 g/mol. The molecule has 2 heterocycles. The number of aliphatic imine (C=N–C) groups is 1. The molecule has 0 atom stereocenters. The molecular formula is C14H16F4N3O+. The van der Waals surface area contributed by atoms with E-state index >= 15 is 0 Å². The summed E-state index contributed by atoms with van der Waals surface area (Å²) < 4.78 is 52.3. The molecule has 4 nitrogen and oxygen atoms in total. The summed E-state index contributed by atoms with van der Waals surface area (Å²) in [6.45, 7) is 3.50. The summed E-state index contributed by atoms with van der Waals surface area (Å²) in [6.07, 6.45) is -4.32. The third kappa shape index (κ3) is 3.10. The van der Waals surface area contributed by atoms with E-state index < -0.39 is 30.0 Å². The highest BCUT2D eigenvalue weighted by Crippen LogP contribution is 2.25. The quantitative estimate of drug-likeness (QED) is 0.788. The molecule has 120 valence electrons. The van der Waals surface area contributed by atoms with E-state index in [1.165, 1.54) is 0 Å². The van der Waals surface area contributed by atoms with Gasteiger partial charge in [-0.25, -0.2) is 13.8 Å². The normalized spacial score (nSPS) is 16.3. The molecule has 0 saturated carbocycles. The first kappa shape index (κ1) is 16.4. The lowest BCUT2D eigenvalue weighted by Gasteiger charge is -2.14. The fraction of sp³-hybridized carbons (Fsp3) is 0.500. The number of alkyl halides is 4. The smallest absolute Gasteiger partial charge is 0.326 e. The fourth-order valence-corrected chi connectivity index (χ4v) is 2.43. The molecule has 1 aliphatic heterocycles. The van der Waals surface area contributed by atoms with E-state index in [9.17, 15) is 22.4 Å². The lowest BCUT2D eigenvalue weighted by Crippen LogP contribution is -2.77. The Labute approximate surface area is 124 Å². The lowest BCUT2D eigenvalue weighted by molar-refractivity contribution is -0.462. The zero-order chi connectivity index (χ0) is 16.5. The predicted octanol–water partition coefficient (Wildman–Crippen LogP) is 0.607. The van der Waals surface area contributed by atoms with Crippen molar-refractivity contribution >= 4 is 11.4 Å². The maximum Gasteiger partial charge on any atom is 0.384 e. The van der Waals surface area contributed by atoms with Crippen LogP contribution in [0.5, 0.6) is 0 Å². The molecule has 2 rings (SSSR count). The molecule has 8 heteroatoms. The van der Waals surface area contributed by atoms with Gasteiger partial charge in [0.1, 0.15) is 0 Å². The number of aromatic nitrogens is 1. The van der Waals surface area contributed by atoms with Crippen LogP contribution in [0.15, 0.2) is 15.9 Å². The summed E-state index contributed by atoms with van der Waals surface area (Å²) in [5, 5.41) is 0. The van der Waals surface area contributed by atoms with Crippen molar-refractivity contribution in [2.75, 3.05) is 13.1 Å². The Kier molecular flexibility index (Phi) is 4.48. The summed E-state index contributed by atoms with van der Waals surface area (Å²) in [7, 11) is 0. The summed E-state index contributed by atoms with van der Waals surface area (Å²) in [5.74, 6) is -4.27. The largest absolute Gasteiger partial charge is 0.384 e. The SMILES string of the molecule is Cc1cc(C)c(C2=NCC[NH+]=C(C(F)(F)C(F)F)C2)c(=O)[nH]1. The maximum atomic E-state index is 13.6. The van der Waals surface area contributed by atoms with E-state index in [4.69, 9.17) is 0 Å². The first-order valence-electron chi connectivity index (χ1n) is 6.74. The molecule has 22 heavy (non-hydrogen) atoms. The van der Waals surface area contributed by atoms with Crippen molar-refractivity contribution in [1.82, 2.24) is 4.98 Å². The van der Waals surface area contributed by atoms with Gasteiger partial charge in [0, 0.05) is 5.69 Å². The molecule has 1 aromatic rings. The second-order valence-corrected chi connectivity index (χ2v) is 5.17. The molecule has 0 aromatic carbocycles. The zero-order valence-electron chi connectivity index (χ0n) is 12.1. The third-order valence-electron chi connectivity index (χ3n) is 3.43. The van der Waals surface area contributed by atoms with Gasteiger partial charge >= 0.3 is 12.3 Å². The van der Waals surface area contributed by atoms with Crippen LogP contribution in [0.25, 0.3) is 0 Å². The Bertz CT molecular complexity index is 692. The van der Waals surface area contributed by atoms with E-state index in [0.29, 0.717) is 11.3 Å². The van der Waals surface area contributed by atoms with Gasteiger partial charge in [0.15, 0.2) is 6.54 Å². The molecular weight excluding hydrogens is 302 g/mol. The number of nitrogens with one attached hydrogen (secondary N) is 2. The van der Waals surface area contributed by atoms with Crippen LogP contribution in [0.3, 0.4) is 0 Å². The van der Waals surface area contributed by atoms with Crippen molar-refractivity contribution in [2.45, 2.75) is 32.6 Å². The average Bonchev–Trinajstić information content (AvgIpc) is 2.63. The average molecular weight is 318 g/mol. The third-order valence-corrected chi connectivity index (χ3v) is 3.43. The van der Waals surface area contributed by atoms with Crippen molar-refractivity contribution < 1.29 is 22.6 Å². The van der Waals surface area contributed by atoms with Gasteiger partial charge in [0.05, 0.1) is 24.2 Å². The highest BCUT2D eigenvalue weighted by atomic mass is 19.3. The topological polar surface area (TPSA) is 59.2 Å². The molecule has 2 N–H and O–H groups in total. The molecule has 0 unspecified atom stereocenters. The predicted molar refractivity (Wildman–Crippen MR) is 74.3 cm³/mol. The van der Waals surface area contributed by atoms with Crippen molar-refractivity contribution in [1.29, 1.82) is 0 Å². The van der Waals surface area contributed by atoms with Gasteiger partial charge in [-0.1, -0.05) is 0 Å². The Hall–Kier alpha value is -1.99. The maximum absolute atomic E-state index is 13.6. The van der Waals surface area contributed by atoms with Crippen LogP contribution in [0, 0.1) is 13.8 Å². The van der Waals surface area contributed by atoms with Crippen molar-refractivity contribution in [3.8, 4) is 0 Å². The number of rotatable bonds is 3. The number of nitrogens with zero attached hydrogens (tertiary/aromatic N) is 1. The second-order valence-electron chi connectivity index (χ2n) is 5.17. The van der Waals surface area contributed by atoms with Crippen LogP contribution >= 0.6 is 0 Å². The standard InChI is InChI=1S/C14H15F4N3O/c1-7-5-8(2)21-12(22)11(7)9-6-10(20-4-3-19-9)14(17,18)13(15)16/h5,13H,3-4,6H2,1-2H3,(H,21,22)/p+1. The molecule has 1 aromatic heterocycles. The second kappa shape index (κ2) is 6.02.